The van der Waals surface area contributed by atoms with Gasteiger partial charge in [0.15, 0.2) is 5.75 Å². The fourth-order valence-corrected chi connectivity index (χ4v) is 1.59. The lowest BCUT2D eigenvalue weighted by atomic mass is 10.2. The zero-order valence-electron chi connectivity index (χ0n) is 8.92. The van der Waals surface area contributed by atoms with E-state index in [9.17, 15) is 14.9 Å². The van der Waals surface area contributed by atoms with Crippen molar-refractivity contribution < 1.29 is 19.6 Å². The summed E-state index contributed by atoms with van der Waals surface area (Å²) in [5, 5.41) is 19.3. The Morgan fingerprint density at radius 3 is 2.82 bits per heavy atom. The lowest BCUT2D eigenvalue weighted by molar-refractivity contribution is -0.386. The lowest BCUT2D eigenvalue weighted by Crippen LogP contribution is -2.17. The minimum absolute atomic E-state index is 0.0620. The second kappa shape index (κ2) is 5.62. The average molecular weight is 304 g/mol. The molecule has 0 saturated carbocycles. The van der Waals surface area contributed by atoms with E-state index < -0.39 is 17.0 Å². The Hall–Kier alpha value is -1.63. The Morgan fingerprint density at radius 2 is 2.29 bits per heavy atom. The van der Waals surface area contributed by atoms with Gasteiger partial charge in [-0.05, 0) is 19.1 Å². The highest BCUT2D eigenvalue weighted by atomic mass is 79.9. The molecule has 92 valence electrons. The Morgan fingerprint density at radius 1 is 1.65 bits per heavy atom. The van der Waals surface area contributed by atoms with Gasteiger partial charge in [0, 0.05) is 10.5 Å². The molecule has 1 N–H and O–H groups in total. The normalized spacial score (nSPS) is 11.9. The molecule has 0 aliphatic rings. The fourth-order valence-electron chi connectivity index (χ4n) is 1.24. The molecule has 0 fully saturated rings. The highest BCUT2D eigenvalue weighted by Crippen LogP contribution is 2.31. The first kappa shape index (κ1) is 13.4. The first-order valence-corrected chi connectivity index (χ1v) is 5.52. The van der Waals surface area contributed by atoms with E-state index in [-0.39, 0.29) is 17.9 Å². The summed E-state index contributed by atoms with van der Waals surface area (Å²) in [4.78, 5) is 20.6. The first-order valence-electron chi connectivity index (χ1n) is 4.72. The van der Waals surface area contributed by atoms with Gasteiger partial charge in [-0.3, -0.25) is 14.9 Å². The van der Waals surface area contributed by atoms with Crippen molar-refractivity contribution in [1.29, 1.82) is 0 Å². The highest BCUT2D eigenvalue weighted by molar-refractivity contribution is 9.10. The van der Waals surface area contributed by atoms with Gasteiger partial charge in [-0.2, -0.15) is 0 Å². The third-order valence-electron chi connectivity index (χ3n) is 1.91. The average Bonchev–Trinajstić information content (AvgIpc) is 2.19. The highest BCUT2D eigenvalue weighted by Gasteiger charge is 2.18. The van der Waals surface area contributed by atoms with Crippen LogP contribution < -0.4 is 4.74 Å². The predicted octanol–water partition coefficient (Wildman–Crippen LogP) is 2.60. The van der Waals surface area contributed by atoms with Gasteiger partial charge in [-0.1, -0.05) is 15.9 Å². The molecule has 0 radical (unpaired) electrons. The van der Waals surface area contributed by atoms with Gasteiger partial charge in [0.05, 0.1) is 11.3 Å². The van der Waals surface area contributed by atoms with Crippen LogP contribution in [0.2, 0.25) is 0 Å². The Kier molecular flexibility index (Phi) is 4.45. The standard InChI is InChI=1S/C10H10BrNO5/c1-6(4-10(13)14)17-9-3-2-7(11)5-8(9)12(15)16/h2-3,5-6H,4H2,1H3,(H,13,14)/t6-/m1/s1. The molecular weight excluding hydrogens is 294 g/mol. The molecule has 1 aromatic carbocycles. The second-order valence-electron chi connectivity index (χ2n) is 3.40. The number of benzene rings is 1. The molecular formula is C10H10BrNO5. The number of hydrogen-bond donors (Lipinski definition) is 1. The second-order valence-corrected chi connectivity index (χ2v) is 4.31. The molecule has 0 unspecified atom stereocenters. The monoisotopic (exact) mass is 303 g/mol. The lowest BCUT2D eigenvalue weighted by Gasteiger charge is -2.12. The van der Waals surface area contributed by atoms with Crippen LogP contribution >= 0.6 is 15.9 Å². The number of nitro benzene ring substituents is 1. The minimum atomic E-state index is -1.02. The van der Waals surface area contributed by atoms with E-state index in [1.165, 1.54) is 12.1 Å². The van der Waals surface area contributed by atoms with Crippen molar-refractivity contribution in [2.45, 2.75) is 19.4 Å². The van der Waals surface area contributed by atoms with Gasteiger partial charge in [0.25, 0.3) is 0 Å². The van der Waals surface area contributed by atoms with Crippen LogP contribution in [0, 0.1) is 10.1 Å². The van der Waals surface area contributed by atoms with E-state index in [4.69, 9.17) is 9.84 Å². The SMILES string of the molecule is C[C@H](CC(=O)O)Oc1ccc(Br)cc1[N+](=O)[O-]. The summed E-state index contributed by atoms with van der Waals surface area (Å²) in [6.45, 7) is 1.54. The van der Waals surface area contributed by atoms with Crippen LogP contribution in [0.4, 0.5) is 5.69 Å². The Labute approximate surface area is 105 Å². The summed E-state index contributed by atoms with van der Waals surface area (Å²) in [7, 11) is 0. The van der Waals surface area contributed by atoms with Crippen LogP contribution in [0.25, 0.3) is 0 Å². The van der Waals surface area contributed by atoms with Crippen LogP contribution in [0.5, 0.6) is 5.75 Å². The van der Waals surface area contributed by atoms with Crippen LogP contribution in [-0.2, 0) is 4.79 Å². The van der Waals surface area contributed by atoms with Crippen LogP contribution in [-0.4, -0.2) is 22.1 Å². The first-order chi connectivity index (χ1) is 7.90. The largest absolute Gasteiger partial charge is 0.483 e. The molecule has 7 heteroatoms. The van der Waals surface area contributed by atoms with E-state index in [2.05, 4.69) is 15.9 Å². The number of ether oxygens (including phenoxy) is 1. The van der Waals surface area contributed by atoms with Gasteiger partial charge in [0.1, 0.15) is 6.10 Å². The number of carboxylic acids is 1. The number of aliphatic carboxylic acids is 1. The zero-order valence-corrected chi connectivity index (χ0v) is 10.5. The van der Waals surface area contributed by atoms with Gasteiger partial charge < -0.3 is 9.84 Å². The molecule has 0 saturated heterocycles. The number of carbonyl (C=O) groups is 1. The third kappa shape index (κ3) is 4.03. The van der Waals surface area contributed by atoms with Crippen molar-refractivity contribution in [1.82, 2.24) is 0 Å². The summed E-state index contributed by atoms with van der Waals surface area (Å²) in [5.41, 5.74) is -0.198. The number of halogens is 1. The molecule has 0 amide bonds. The molecule has 17 heavy (non-hydrogen) atoms. The molecule has 1 rings (SSSR count). The molecule has 0 heterocycles. The summed E-state index contributed by atoms with van der Waals surface area (Å²) in [6.07, 6.45) is -0.847. The molecule has 0 bridgehead atoms. The topological polar surface area (TPSA) is 89.7 Å². The van der Waals surface area contributed by atoms with Crippen LogP contribution in [0.1, 0.15) is 13.3 Å². The molecule has 0 aromatic heterocycles. The van der Waals surface area contributed by atoms with Crippen molar-refractivity contribution in [2.75, 3.05) is 0 Å². The minimum Gasteiger partial charge on any atom is -0.483 e. The maximum Gasteiger partial charge on any atom is 0.312 e. The molecule has 0 aliphatic carbocycles. The zero-order chi connectivity index (χ0) is 13.0. The van der Waals surface area contributed by atoms with E-state index in [0.29, 0.717) is 4.47 Å². The van der Waals surface area contributed by atoms with Gasteiger partial charge in [-0.25, -0.2) is 0 Å². The maximum absolute atomic E-state index is 10.8. The van der Waals surface area contributed by atoms with E-state index in [0.717, 1.165) is 0 Å². The van der Waals surface area contributed by atoms with Crippen molar-refractivity contribution in [3.8, 4) is 5.75 Å². The van der Waals surface area contributed by atoms with E-state index >= 15 is 0 Å². The van der Waals surface area contributed by atoms with Crippen molar-refractivity contribution in [3.05, 3.63) is 32.8 Å². The predicted molar refractivity (Wildman–Crippen MR) is 63.1 cm³/mol. The number of nitrogens with zero attached hydrogens (tertiary/aromatic N) is 1. The molecule has 1 aromatic rings. The van der Waals surface area contributed by atoms with Crippen molar-refractivity contribution in [2.24, 2.45) is 0 Å². The van der Waals surface area contributed by atoms with Gasteiger partial charge >= 0.3 is 11.7 Å². The smallest absolute Gasteiger partial charge is 0.312 e. The summed E-state index contributed by atoms with van der Waals surface area (Å²) >= 11 is 3.12. The summed E-state index contributed by atoms with van der Waals surface area (Å²) in [6, 6.07) is 4.33. The fraction of sp³-hybridized carbons (Fsp3) is 0.300. The van der Waals surface area contributed by atoms with Gasteiger partial charge in [-0.15, -0.1) is 0 Å². The quantitative estimate of drug-likeness (QED) is 0.667. The number of hydrogen-bond acceptors (Lipinski definition) is 4. The van der Waals surface area contributed by atoms with E-state index in [1.807, 2.05) is 0 Å². The van der Waals surface area contributed by atoms with Crippen LogP contribution in [0.3, 0.4) is 0 Å². The maximum atomic E-state index is 10.8. The molecule has 1 atom stereocenters. The summed E-state index contributed by atoms with van der Waals surface area (Å²) in [5.74, 6) is -0.954. The van der Waals surface area contributed by atoms with E-state index in [1.54, 1.807) is 13.0 Å². The third-order valence-corrected chi connectivity index (χ3v) is 2.40. The molecule has 0 aliphatic heterocycles. The summed E-state index contributed by atoms with van der Waals surface area (Å²) < 4.78 is 5.79. The molecule has 6 nitrogen and oxygen atoms in total. The number of carboxylic acid groups (broad SMARTS) is 1. The molecule has 0 spiro atoms. The van der Waals surface area contributed by atoms with Gasteiger partial charge in [0.2, 0.25) is 0 Å². The Bertz CT molecular complexity index is 448. The number of nitro groups is 1. The number of rotatable bonds is 5. The Balaban J connectivity index is 2.90. The van der Waals surface area contributed by atoms with Crippen LogP contribution in [0.15, 0.2) is 22.7 Å². The van der Waals surface area contributed by atoms with Crippen molar-refractivity contribution in [3.63, 3.8) is 0 Å². The van der Waals surface area contributed by atoms with Crippen molar-refractivity contribution >= 4 is 27.6 Å².